The van der Waals surface area contributed by atoms with Crippen LogP contribution < -0.4 is 10.6 Å². The molecule has 0 aliphatic rings. The van der Waals surface area contributed by atoms with Gasteiger partial charge in [-0.25, -0.2) is 4.98 Å². The van der Waals surface area contributed by atoms with E-state index in [2.05, 4.69) is 38.8 Å². The van der Waals surface area contributed by atoms with E-state index >= 15 is 0 Å². The first-order chi connectivity index (χ1) is 15.9. The average Bonchev–Trinajstić information content (AvgIpc) is 2.82. The van der Waals surface area contributed by atoms with E-state index < -0.39 is 0 Å². The summed E-state index contributed by atoms with van der Waals surface area (Å²) < 4.78 is 0. The quantitative estimate of drug-likeness (QED) is 0.346. The van der Waals surface area contributed by atoms with Crippen LogP contribution in [0.15, 0.2) is 72.9 Å². The molecule has 0 amide bonds. The zero-order valence-electron chi connectivity index (χ0n) is 18.7. The number of carbonyl (C=O) groups is 1. The summed E-state index contributed by atoms with van der Waals surface area (Å²) in [6.07, 6.45) is 1.69. The molecule has 4 aromatic rings. The monoisotopic (exact) mass is 433 g/mol. The van der Waals surface area contributed by atoms with E-state index in [9.17, 15) is 4.79 Å². The molecule has 0 fully saturated rings. The highest BCUT2D eigenvalue weighted by molar-refractivity contribution is 5.95. The van der Waals surface area contributed by atoms with Crippen LogP contribution in [0.5, 0.6) is 0 Å². The van der Waals surface area contributed by atoms with E-state index in [1.807, 2.05) is 56.3 Å². The van der Waals surface area contributed by atoms with Crippen molar-refractivity contribution in [1.82, 2.24) is 9.97 Å². The number of nitrogens with zero attached hydrogens (tertiary/aromatic N) is 3. The summed E-state index contributed by atoms with van der Waals surface area (Å²) in [4.78, 5) is 20.6. The molecule has 0 spiro atoms. The molecule has 0 radical (unpaired) electrons. The lowest BCUT2D eigenvalue weighted by molar-refractivity contribution is 0.101. The van der Waals surface area contributed by atoms with Crippen LogP contribution >= 0.6 is 0 Å². The normalized spacial score (nSPS) is 10.4. The largest absolute Gasteiger partial charge is 0.340 e. The number of ketones is 1. The number of Topliss-reactive ketones (excluding diaryl/α,β-unsaturated/α-hetero) is 1. The van der Waals surface area contributed by atoms with Crippen molar-refractivity contribution < 1.29 is 4.79 Å². The average molecular weight is 434 g/mol. The second-order valence-corrected chi connectivity index (χ2v) is 7.83. The Morgan fingerprint density at radius 3 is 2.30 bits per heavy atom. The van der Waals surface area contributed by atoms with Gasteiger partial charge >= 0.3 is 0 Å². The molecule has 0 saturated carbocycles. The number of hydrogen-bond acceptors (Lipinski definition) is 6. The number of anilines is 4. The van der Waals surface area contributed by atoms with Gasteiger partial charge < -0.3 is 10.6 Å². The molecule has 6 heteroatoms. The maximum atomic E-state index is 11.8. The minimum Gasteiger partial charge on any atom is -0.340 e. The molecule has 1 aromatic heterocycles. The Morgan fingerprint density at radius 1 is 0.909 bits per heavy atom. The Bertz CT molecular complexity index is 1350. The summed E-state index contributed by atoms with van der Waals surface area (Å²) >= 11 is 0. The van der Waals surface area contributed by atoms with Crippen LogP contribution in [0, 0.1) is 25.2 Å². The summed E-state index contributed by atoms with van der Waals surface area (Å²) in [5.41, 5.74) is 7.28. The van der Waals surface area contributed by atoms with Crippen LogP contribution in [0.2, 0.25) is 0 Å². The Balaban J connectivity index is 1.57. The fourth-order valence-electron chi connectivity index (χ4n) is 3.62. The molecular formula is C27H23N5O. The van der Waals surface area contributed by atoms with Crippen molar-refractivity contribution in [3.63, 3.8) is 0 Å². The molecule has 0 bridgehead atoms. The lowest BCUT2D eigenvalue weighted by atomic mass is 9.97. The van der Waals surface area contributed by atoms with E-state index in [1.54, 1.807) is 25.3 Å². The molecule has 0 aliphatic carbocycles. The van der Waals surface area contributed by atoms with E-state index in [1.165, 1.54) is 0 Å². The maximum absolute atomic E-state index is 11.8. The predicted octanol–water partition coefficient (Wildman–Crippen LogP) is 6.32. The Hall–Kier alpha value is -4.50. The van der Waals surface area contributed by atoms with Gasteiger partial charge in [0.15, 0.2) is 5.78 Å². The number of rotatable bonds is 6. The fourth-order valence-corrected chi connectivity index (χ4v) is 3.62. The molecule has 0 atom stereocenters. The van der Waals surface area contributed by atoms with Crippen LogP contribution in [0.25, 0.3) is 11.1 Å². The second-order valence-electron chi connectivity index (χ2n) is 7.83. The maximum Gasteiger partial charge on any atom is 0.229 e. The first-order valence-electron chi connectivity index (χ1n) is 10.5. The number of hydrogen-bond donors (Lipinski definition) is 2. The minimum absolute atomic E-state index is 0.0535. The fraction of sp³-hybridized carbons (Fsp3) is 0.111. The molecule has 3 aromatic carbocycles. The third-order valence-electron chi connectivity index (χ3n) is 5.31. The van der Waals surface area contributed by atoms with Crippen LogP contribution in [0.1, 0.15) is 34.0 Å². The van der Waals surface area contributed by atoms with Crippen molar-refractivity contribution >= 4 is 28.9 Å². The standard InChI is InChI=1S/C27H23N5O/c1-17-13-23(22-6-4-5-21(15-22)19(3)33)14-18(2)26(17)31-25-11-12-29-27(32-25)30-24-9-7-20(16-28)8-10-24/h4-15H,1-3H3,(H2,29,30,31,32). The summed E-state index contributed by atoms with van der Waals surface area (Å²) in [5, 5.41) is 15.5. The molecule has 33 heavy (non-hydrogen) atoms. The van der Waals surface area contributed by atoms with E-state index in [-0.39, 0.29) is 5.78 Å². The van der Waals surface area contributed by atoms with Crippen LogP contribution in [0.4, 0.5) is 23.1 Å². The third-order valence-corrected chi connectivity index (χ3v) is 5.31. The van der Waals surface area contributed by atoms with Gasteiger partial charge in [0.1, 0.15) is 5.82 Å². The third kappa shape index (κ3) is 5.05. The van der Waals surface area contributed by atoms with Crippen molar-refractivity contribution in [2.75, 3.05) is 10.6 Å². The number of aryl methyl sites for hydroxylation is 2. The molecule has 6 nitrogen and oxygen atoms in total. The van der Waals surface area contributed by atoms with Crippen molar-refractivity contribution in [2.24, 2.45) is 0 Å². The zero-order chi connectivity index (χ0) is 23.4. The summed E-state index contributed by atoms with van der Waals surface area (Å²) in [6, 6.07) is 22.9. The molecule has 2 N–H and O–H groups in total. The lowest BCUT2D eigenvalue weighted by Crippen LogP contribution is -2.02. The Morgan fingerprint density at radius 2 is 1.64 bits per heavy atom. The molecule has 0 aliphatic heterocycles. The molecule has 0 unspecified atom stereocenters. The topological polar surface area (TPSA) is 90.7 Å². The van der Waals surface area contributed by atoms with Crippen LogP contribution in [-0.2, 0) is 0 Å². The SMILES string of the molecule is CC(=O)c1cccc(-c2cc(C)c(Nc3ccnc(Nc4ccc(C#N)cc4)n3)c(C)c2)c1. The highest BCUT2D eigenvalue weighted by Gasteiger charge is 2.10. The summed E-state index contributed by atoms with van der Waals surface area (Å²) in [6.45, 7) is 5.67. The van der Waals surface area contributed by atoms with Gasteiger partial charge in [0.05, 0.1) is 11.6 Å². The van der Waals surface area contributed by atoms with Gasteiger partial charge in [0, 0.05) is 23.1 Å². The zero-order valence-corrected chi connectivity index (χ0v) is 18.7. The smallest absolute Gasteiger partial charge is 0.229 e. The highest BCUT2D eigenvalue weighted by atomic mass is 16.1. The molecule has 4 rings (SSSR count). The Kier molecular flexibility index (Phi) is 6.14. The molecule has 1 heterocycles. The summed E-state index contributed by atoms with van der Waals surface area (Å²) in [5.74, 6) is 1.18. The number of benzene rings is 3. The van der Waals surface area contributed by atoms with E-state index in [0.29, 0.717) is 22.9 Å². The molecule has 162 valence electrons. The number of aromatic nitrogens is 2. The Labute approximate surface area is 193 Å². The number of carbonyl (C=O) groups excluding carboxylic acids is 1. The number of nitrogens with one attached hydrogen (secondary N) is 2. The van der Waals surface area contributed by atoms with Crippen molar-refractivity contribution in [3.8, 4) is 17.2 Å². The van der Waals surface area contributed by atoms with Gasteiger partial charge in [-0.2, -0.15) is 10.2 Å². The van der Waals surface area contributed by atoms with Gasteiger partial charge in [-0.1, -0.05) is 18.2 Å². The highest BCUT2D eigenvalue weighted by Crippen LogP contribution is 2.31. The first-order valence-corrected chi connectivity index (χ1v) is 10.5. The van der Waals surface area contributed by atoms with Gasteiger partial charge in [-0.3, -0.25) is 4.79 Å². The lowest BCUT2D eigenvalue weighted by Gasteiger charge is -2.15. The number of nitriles is 1. The first kappa shape index (κ1) is 21.7. The van der Waals surface area contributed by atoms with Crippen LogP contribution in [-0.4, -0.2) is 15.8 Å². The van der Waals surface area contributed by atoms with E-state index in [4.69, 9.17) is 5.26 Å². The van der Waals surface area contributed by atoms with Crippen LogP contribution in [0.3, 0.4) is 0 Å². The van der Waals surface area contributed by atoms with Crippen molar-refractivity contribution in [2.45, 2.75) is 20.8 Å². The van der Waals surface area contributed by atoms with E-state index in [0.717, 1.165) is 33.6 Å². The van der Waals surface area contributed by atoms with Gasteiger partial charge in [0.25, 0.3) is 0 Å². The molecule has 0 saturated heterocycles. The van der Waals surface area contributed by atoms with Gasteiger partial charge in [0.2, 0.25) is 5.95 Å². The van der Waals surface area contributed by atoms with Gasteiger partial charge in [-0.15, -0.1) is 0 Å². The predicted molar refractivity (Wildman–Crippen MR) is 131 cm³/mol. The van der Waals surface area contributed by atoms with Crippen molar-refractivity contribution in [1.29, 1.82) is 5.26 Å². The minimum atomic E-state index is 0.0535. The second kappa shape index (κ2) is 9.33. The summed E-state index contributed by atoms with van der Waals surface area (Å²) in [7, 11) is 0. The van der Waals surface area contributed by atoms with Crippen molar-refractivity contribution in [3.05, 3.63) is 95.2 Å². The van der Waals surface area contributed by atoms with Gasteiger partial charge in [-0.05, 0) is 91.6 Å². The molecular weight excluding hydrogens is 410 g/mol.